The van der Waals surface area contributed by atoms with Gasteiger partial charge < -0.3 is 9.69 Å². The molecule has 2 fully saturated rings. The van der Waals surface area contributed by atoms with Gasteiger partial charge in [-0.05, 0) is 38.6 Å². The van der Waals surface area contributed by atoms with Gasteiger partial charge in [0.15, 0.2) is 0 Å². The predicted molar refractivity (Wildman–Crippen MR) is 71.0 cm³/mol. The van der Waals surface area contributed by atoms with Gasteiger partial charge in [0.25, 0.3) is 0 Å². The predicted octanol–water partition coefficient (Wildman–Crippen LogP) is 3.26. The highest BCUT2D eigenvalue weighted by molar-refractivity contribution is 5.60. The average Bonchev–Trinajstić information content (AvgIpc) is 2.79. The summed E-state index contributed by atoms with van der Waals surface area (Å²) in [4.78, 5) is 13.9. The fourth-order valence-corrected chi connectivity index (χ4v) is 3.96. The minimum Gasteiger partial charge on any atom is -0.303 e. The molecule has 0 aromatic rings. The smallest absolute Gasteiger partial charge is 0.127 e. The number of carbonyl (C=O) groups is 1. The van der Waals surface area contributed by atoms with Gasteiger partial charge in [-0.25, -0.2) is 0 Å². The maximum Gasteiger partial charge on any atom is 0.127 e. The zero-order valence-corrected chi connectivity index (χ0v) is 11.5. The number of rotatable bonds is 4. The maximum absolute atomic E-state index is 11.4. The summed E-state index contributed by atoms with van der Waals surface area (Å²) in [5, 5.41) is 0. The summed E-state index contributed by atoms with van der Waals surface area (Å²) < 4.78 is 0. The molecule has 98 valence electrons. The topological polar surface area (TPSA) is 20.3 Å². The van der Waals surface area contributed by atoms with E-state index in [0.717, 1.165) is 25.3 Å². The highest BCUT2D eigenvalue weighted by Crippen LogP contribution is 2.38. The van der Waals surface area contributed by atoms with Gasteiger partial charge in [-0.15, -0.1) is 0 Å². The molecule has 2 nitrogen and oxygen atoms in total. The van der Waals surface area contributed by atoms with Crippen LogP contribution in [0.4, 0.5) is 0 Å². The Kier molecular flexibility index (Phi) is 4.24. The largest absolute Gasteiger partial charge is 0.303 e. The van der Waals surface area contributed by atoms with Crippen LogP contribution in [-0.2, 0) is 4.79 Å². The van der Waals surface area contributed by atoms with Crippen LogP contribution in [0.1, 0.15) is 58.3 Å². The number of nitrogens with zero attached hydrogens (tertiary/aromatic N) is 1. The molecular weight excluding hydrogens is 210 g/mol. The molecule has 0 aromatic heterocycles. The molecule has 0 amide bonds. The quantitative estimate of drug-likeness (QED) is 0.700. The van der Waals surface area contributed by atoms with E-state index in [1.54, 1.807) is 0 Å². The Morgan fingerprint density at radius 3 is 2.41 bits per heavy atom. The van der Waals surface area contributed by atoms with Crippen molar-refractivity contribution in [3.8, 4) is 0 Å². The lowest BCUT2D eigenvalue weighted by molar-refractivity contribution is -0.117. The van der Waals surface area contributed by atoms with Crippen LogP contribution in [0.15, 0.2) is 0 Å². The standard InChI is InChI=1S/C15H27NO/c1-13-7-3-4-8-14(13)16(2)11-15(12-17)9-5-6-10-15/h12-14H,3-11H2,1-2H3. The van der Waals surface area contributed by atoms with Crippen LogP contribution in [0.25, 0.3) is 0 Å². The van der Waals surface area contributed by atoms with Crippen molar-refractivity contribution >= 4 is 6.29 Å². The summed E-state index contributed by atoms with van der Waals surface area (Å²) in [6.45, 7) is 3.37. The van der Waals surface area contributed by atoms with Gasteiger partial charge in [-0.3, -0.25) is 0 Å². The first-order chi connectivity index (χ1) is 8.17. The summed E-state index contributed by atoms with van der Waals surface area (Å²) in [5.74, 6) is 0.804. The molecule has 0 aliphatic heterocycles. The van der Waals surface area contributed by atoms with Crippen LogP contribution in [0.3, 0.4) is 0 Å². The van der Waals surface area contributed by atoms with Crippen LogP contribution in [-0.4, -0.2) is 30.8 Å². The molecule has 2 heteroatoms. The first-order valence-electron chi connectivity index (χ1n) is 7.33. The highest BCUT2D eigenvalue weighted by atomic mass is 16.1. The number of hydrogen-bond acceptors (Lipinski definition) is 2. The second kappa shape index (κ2) is 5.51. The molecule has 17 heavy (non-hydrogen) atoms. The van der Waals surface area contributed by atoms with Crippen molar-refractivity contribution in [2.24, 2.45) is 11.3 Å². The second-order valence-corrected chi connectivity index (χ2v) is 6.43. The van der Waals surface area contributed by atoms with E-state index in [-0.39, 0.29) is 5.41 Å². The Bertz CT molecular complexity index is 258. The van der Waals surface area contributed by atoms with Crippen molar-refractivity contribution < 1.29 is 4.79 Å². The Morgan fingerprint density at radius 2 is 1.82 bits per heavy atom. The van der Waals surface area contributed by atoms with E-state index in [4.69, 9.17) is 0 Å². The molecule has 2 saturated carbocycles. The summed E-state index contributed by atoms with van der Waals surface area (Å²) in [7, 11) is 2.23. The van der Waals surface area contributed by atoms with Crippen LogP contribution in [0.5, 0.6) is 0 Å². The van der Waals surface area contributed by atoms with Crippen molar-refractivity contribution in [3.63, 3.8) is 0 Å². The Labute approximate surface area is 106 Å². The molecule has 0 bridgehead atoms. The SMILES string of the molecule is CC1CCCCC1N(C)CC1(C=O)CCCC1. The molecule has 0 heterocycles. The van der Waals surface area contributed by atoms with Crippen LogP contribution < -0.4 is 0 Å². The van der Waals surface area contributed by atoms with E-state index in [2.05, 4.69) is 18.9 Å². The van der Waals surface area contributed by atoms with E-state index in [1.807, 2.05) is 0 Å². The molecule has 0 saturated heterocycles. The van der Waals surface area contributed by atoms with Crippen LogP contribution in [0, 0.1) is 11.3 Å². The first-order valence-corrected chi connectivity index (χ1v) is 7.33. The Hall–Kier alpha value is -0.370. The number of carbonyl (C=O) groups excluding carboxylic acids is 1. The van der Waals surface area contributed by atoms with Crippen molar-refractivity contribution in [3.05, 3.63) is 0 Å². The van der Waals surface area contributed by atoms with Gasteiger partial charge in [0.05, 0.1) is 0 Å². The Balaban J connectivity index is 1.94. The van der Waals surface area contributed by atoms with Gasteiger partial charge in [0.2, 0.25) is 0 Å². The lowest BCUT2D eigenvalue weighted by atomic mass is 9.82. The number of hydrogen-bond donors (Lipinski definition) is 0. The van der Waals surface area contributed by atoms with Crippen molar-refractivity contribution in [1.82, 2.24) is 4.90 Å². The maximum atomic E-state index is 11.4. The van der Waals surface area contributed by atoms with E-state index in [9.17, 15) is 4.79 Å². The van der Waals surface area contributed by atoms with Crippen LogP contribution in [0.2, 0.25) is 0 Å². The van der Waals surface area contributed by atoms with E-state index >= 15 is 0 Å². The molecule has 2 atom stereocenters. The third kappa shape index (κ3) is 2.90. The monoisotopic (exact) mass is 237 g/mol. The molecule has 0 radical (unpaired) electrons. The van der Waals surface area contributed by atoms with E-state index in [0.29, 0.717) is 6.04 Å². The summed E-state index contributed by atoms with van der Waals surface area (Å²) in [6, 6.07) is 0.709. The fourth-order valence-electron chi connectivity index (χ4n) is 3.96. The second-order valence-electron chi connectivity index (χ2n) is 6.43. The van der Waals surface area contributed by atoms with Crippen molar-refractivity contribution in [2.45, 2.75) is 64.3 Å². The summed E-state index contributed by atoms with van der Waals surface area (Å²) in [6.07, 6.45) is 11.4. The highest BCUT2D eigenvalue weighted by Gasteiger charge is 2.37. The molecule has 0 aromatic carbocycles. The minimum absolute atomic E-state index is 0.00802. The molecule has 0 N–H and O–H groups in total. The van der Waals surface area contributed by atoms with Gasteiger partial charge >= 0.3 is 0 Å². The van der Waals surface area contributed by atoms with Crippen molar-refractivity contribution in [2.75, 3.05) is 13.6 Å². The zero-order chi connectivity index (χ0) is 12.3. The zero-order valence-electron chi connectivity index (χ0n) is 11.5. The lowest BCUT2D eigenvalue weighted by Crippen LogP contribution is -2.44. The fraction of sp³-hybridized carbons (Fsp3) is 0.933. The molecule has 2 aliphatic carbocycles. The van der Waals surface area contributed by atoms with Gasteiger partial charge in [-0.2, -0.15) is 0 Å². The molecular formula is C15H27NO. The van der Waals surface area contributed by atoms with Crippen LogP contribution >= 0.6 is 0 Å². The van der Waals surface area contributed by atoms with Gasteiger partial charge in [0, 0.05) is 18.0 Å². The van der Waals surface area contributed by atoms with Gasteiger partial charge in [0.1, 0.15) is 6.29 Å². The molecule has 0 spiro atoms. The first kappa shape index (κ1) is 13.1. The lowest BCUT2D eigenvalue weighted by Gasteiger charge is -2.39. The van der Waals surface area contributed by atoms with E-state index in [1.165, 1.54) is 44.8 Å². The third-order valence-corrected chi connectivity index (χ3v) is 5.05. The molecule has 2 unspecified atom stereocenters. The summed E-state index contributed by atoms with van der Waals surface area (Å²) in [5.41, 5.74) is -0.00802. The Morgan fingerprint density at radius 1 is 1.18 bits per heavy atom. The van der Waals surface area contributed by atoms with E-state index < -0.39 is 0 Å². The average molecular weight is 237 g/mol. The van der Waals surface area contributed by atoms with Crippen molar-refractivity contribution in [1.29, 1.82) is 0 Å². The summed E-state index contributed by atoms with van der Waals surface area (Å²) >= 11 is 0. The molecule has 2 rings (SSSR count). The minimum atomic E-state index is -0.00802. The molecule has 2 aliphatic rings. The third-order valence-electron chi connectivity index (χ3n) is 5.05. The normalized spacial score (nSPS) is 32.9. The number of aldehydes is 1. The van der Waals surface area contributed by atoms with Gasteiger partial charge in [-0.1, -0.05) is 32.6 Å².